The molecule has 4 rings (SSSR count). The third-order valence-electron chi connectivity index (χ3n) is 5.78. The van der Waals surface area contributed by atoms with E-state index in [0.29, 0.717) is 29.0 Å². The minimum absolute atomic E-state index is 0.156. The third kappa shape index (κ3) is 3.94. The summed E-state index contributed by atoms with van der Waals surface area (Å²) in [5, 5.41) is 10.5. The van der Waals surface area contributed by atoms with E-state index in [1.54, 1.807) is 42.5 Å². The topological polar surface area (TPSA) is 81.7 Å². The molecule has 0 atom stereocenters. The van der Waals surface area contributed by atoms with Crippen LogP contribution < -0.4 is 14.5 Å². The highest BCUT2D eigenvalue weighted by Gasteiger charge is 2.33. The molecule has 0 bridgehead atoms. The monoisotopic (exact) mass is 410 g/mol. The van der Waals surface area contributed by atoms with Crippen molar-refractivity contribution < 1.29 is 34.0 Å². The van der Waals surface area contributed by atoms with Crippen LogP contribution in [0.4, 0.5) is 0 Å². The molecule has 0 amide bonds. The van der Waals surface area contributed by atoms with Gasteiger partial charge in [0.2, 0.25) is 5.78 Å². The maximum Gasteiger partial charge on any atom is 0.337 e. The number of phenols is 1. The fraction of sp³-hybridized carbons (Fsp3) is 0.304. The molecule has 0 aromatic heterocycles. The van der Waals surface area contributed by atoms with Gasteiger partial charge in [-0.25, -0.2) is 4.79 Å². The van der Waals surface area contributed by atoms with Crippen molar-refractivity contribution in [1.29, 1.82) is 0 Å². The number of allylic oxidation sites excluding steroid dienone is 1. The van der Waals surface area contributed by atoms with Gasteiger partial charge in [-0.1, -0.05) is 12.1 Å². The lowest BCUT2D eigenvalue weighted by Crippen LogP contribution is -3.26. The lowest BCUT2D eigenvalue weighted by atomic mass is 10.0. The number of quaternary nitrogens is 2. The molecule has 3 N–H and O–H groups in total. The second-order valence-corrected chi connectivity index (χ2v) is 7.88. The highest BCUT2D eigenvalue weighted by molar-refractivity contribution is 6.15. The van der Waals surface area contributed by atoms with Gasteiger partial charge in [0, 0.05) is 0 Å². The summed E-state index contributed by atoms with van der Waals surface area (Å²) < 4.78 is 10.6. The van der Waals surface area contributed by atoms with Gasteiger partial charge in [-0.05, 0) is 35.9 Å². The number of piperazine rings is 1. The van der Waals surface area contributed by atoms with Crippen LogP contribution in [0.15, 0.2) is 42.2 Å². The van der Waals surface area contributed by atoms with Crippen LogP contribution in [0.2, 0.25) is 0 Å². The Morgan fingerprint density at radius 1 is 1.13 bits per heavy atom. The van der Waals surface area contributed by atoms with Crippen molar-refractivity contribution in [3.05, 3.63) is 64.4 Å². The van der Waals surface area contributed by atoms with Crippen LogP contribution in [-0.4, -0.2) is 57.2 Å². The Hall–Kier alpha value is -3.16. The van der Waals surface area contributed by atoms with Gasteiger partial charge in [0.15, 0.2) is 11.5 Å². The van der Waals surface area contributed by atoms with Gasteiger partial charge in [0.05, 0.1) is 30.8 Å². The average Bonchev–Trinajstić information content (AvgIpc) is 3.07. The van der Waals surface area contributed by atoms with Crippen LogP contribution in [0, 0.1) is 0 Å². The molecular formula is C23H26N2O5+2. The minimum atomic E-state index is -0.414. The summed E-state index contributed by atoms with van der Waals surface area (Å²) in [5.41, 5.74) is 2.32. The number of phenolic OH excluding ortho intramolecular Hbond substituents is 1. The van der Waals surface area contributed by atoms with Crippen LogP contribution in [-0.2, 0) is 11.3 Å². The van der Waals surface area contributed by atoms with Crippen molar-refractivity contribution in [2.45, 2.75) is 6.54 Å². The Morgan fingerprint density at radius 2 is 1.83 bits per heavy atom. The van der Waals surface area contributed by atoms with Crippen LogP contribution in [0.1, 0.15) is 31.8 Å². The summed E-state index contributed by atoms with van der Waals surface area (Å²) in [6.07, 6.45) is 1.65. The van der Waals surface area contributed by atoms with Crippen molar-refractivity contribution in [3.8, 4) is 11.5 Å². The van der Waals surface area contributed by atoms with Crippen LogP contribution >= 0.6 is 0 Å². The molecule has 0 radical (unpaired) electrons. The van der Waals surface area contributed by atoms with Gasteiger partial charge in [-0.15, -0.1) is 0 Å². The summed E-state index contributed by atoms with van der Waals surface area (Å²) in [5.74, 6) is 0.199. The number of hydrogen-bond donors (Lipinski definition) is 3. The van der Waals surface area contributed by atoms with Gasteiger partial charge < -0.3 is 24.4 Å². The number of methoxy groups -OCH3 is 1. The zero-order valence-electron chi connectivity index (χ0n) is 17.2. The molecule has 7 nitrogen and oxygen atoms in total. The molecule has 7 heteroatoms. The van der Waals surface area contributed by atoms with Crippen molar-refractivity contribution >= 4 is 17.8 Å². The number of Topliss-reactive ketones (excluding diaryl/α,β-unsaturated/α-hetero) is 1. The molecule has 1 saturated heterocycles. The van der Waals surface area contributed by atoms with Gasteiger partial charge in [-0.2, -0.15) is 0 Å². The van der Waals surface area contributed by atoms with E-state index in [2.05, 4.69) is 7.05 Å². The average molecular weight is 410 g/mol. The van der Waals surface area contributed by atoms with Gasteiger partial charge in [0.1, 0.15) is 38.5 Å². The number of carbonyl (C=O) groups excluding carboxylic acids is 2. The number of ether oxygens (including phenoxy) is 2. The standard InChI is InChI=1S/C23H24N2O5/c1-24-9-11-25(12-10-24)14-18-19(26)8-7-17-21(27)20(30-22(17)18)13-15-3-5-16(6-4-15)23(28)29-2/h3-8,13,26H,9-12,14H2,1-2H3/p+2. The van der Waals surface area contributed by atoms with E-state index >= 15 is 0 Å². The first-order valence-corrected chi connectivity index (χ1v) is 10.1. The molecule has 156 valence electrons. The number of fused-ring (bicyclic) bond motifs is 1. The Balaban J connectivity index is 1.58. The Morgan fingerprint density at radius 3 is 2.50 bits per heavy atom. The molecule has 2 aromatic carbocycles. The van der Waals surface area contributed by atoms with Crippen molar-refractivity contribution in [3.63, 3.8) is 0 Å². The number of nitrogens with one attached hydrogen (secondary N) is 2. The molecule has 0 saturated carbocycles. The highest BCUT2D eigenvalue weighted by Crippen LogP contribution is 2.39. The van der Waals surface area contributed by atoms with Crippen molar-refractivity contribution in [1.82, 2.24) is 0 Å². The molecule has 2 heterocycles. The summed E-state index contributed by atoms with van der Waals surface area (Å²) in [6, 6.07) is 9.93. The fourth-order valence-electron chi connectivity index (χ4n) is 3.91. The van der Waals surface area contributed by atoms with Crippen LogP contribution in [0.5, 0.6) is 11.5 Å². The second-order valence-electron chi connectivity index (χ2n) is 7.88. The van der Waals surface area contributed by atoms with Gasteiger partial charge in [-0.3, -0.25) is 4.79 Å². The number of hydrogen-bond acceptors (Lipinski definition) is 5. The molecule has 30 heavy (non-hydrogen) atoms. The molecule has 2 aromatic rings. The predicted octanol–water partition coefficient (Wildman–Crippen LogP) is -0.292. The summed E-state index contributed by atoms with van der Waals surface area (Å²) >= 11 is 0. The summed E-state index contributed by atoms with van der Waals surface area (Å²) in [6.45, 7) is 4.81. The van der Waals surface area contributed by atoms with Crippen LogP contribution in [0.25, 0.3) is 6.08 Å². The van der Waals surface area contributed by atoms with E-state index in [-0.39, 0.29) is 17.3 Å². The summed E-state index contributed by atoms with van der Waals surface area (Å²) in [7, 11) is 3.52. The van der Waals surface area contributed by atoms with Crippen LogP contribution in [0.3, 0.4) is 0 Å². The maximum atomic E-state index is 12.9. The fourth-order valence-corrected chi connectivity index (χ4v) is 3.91. The zero-order chi connectivity index (χ0) is 21.3. The quantitative estimate of drug-likeness (QED) is 0.477. The van der Waals surface area contributed by atoms with E-state index in [1.807, 2.05) is 0 Å². The number of benzene rings is 2. The molecule has 1 fully saturated rings. The Labute approximate surface area is 175 Å². The number of esters is 1. The molecular weight excluding hydrogens is 384 g/mol. The molecule has 2 aliphatic heterocycles. The van der Waals surface area contributed by atoms with Gasteiger partial charge >= 0.3 is 5.97 Å². The second kappa shape index (κ2) is 8.30. The van der Waals surface area contributed by atoms with E-state index in [4.69, 9.17) is 9.47 Å². The molecule has 2 aliphatic rings. The molecule has 0 unspecified atom stereocenters. The number of likely N-dealkylation sites (N-methyl/N-ethyl adjacent to an activating group) is 1. The predicted molar refractivity (Wildman–Crippen MR) is 110 cm³/mol. The van der Waals surface area contributed by atoms with Crippen molar-refractivity contribution in [2.75, 3.05) is 40.3 Å². The number of aromatic hydroxyl groups is 1. The first-order valence-electron chi connectivity index (χ1n) is 10.1. The highest BCUT2D eigenvalue weighted by atomic mass is 16.5. The van der Waals surface area contributed by atoms with Crippen molar-refractivity contribution in [2.24, 2.45) is 0 Å². The smallest absolute Gasteiger partial charge is 0.337 e. The lowest BCUT2D eigenvalue weighted by Gasteiger charge is -2.27. The lowest BCUT2D eigenvalue weighted by molar-refractivity contribution is -1.01. The maximum absolute atomic E-state index is 12.9. The number of rotatable bonds is 4. The number of carbonyl (C=O) groups is 2. The number of ketones is 1. The zero-order valence-corrected chi connectivity index (χ0v) is 17.2. The normalized spacial score (nSPS) is 21.9. The minimum Gasteiger partial charge on any atom is -0.507 e. The van der Waals surface area contributed by atoms with E-state index in [1.165, 1.54) is 16.9 Å². The third-order valence-corrected chi connectivity index (χ3v) is 5.78. The molecule has 0 spiro atoms. The Bertz CT molecular complexity index is 1000. The van der Waals surface area contributed by atoms with Gasteiger partial charge in [0.25, 0.3) is 0 Å². The largest absolute Gasteiger partial charge is 0.507 e. The van der Waals surface area contributed by atoms with E-state index in [0.717, 1.165) is 31.7 Å². The SMILES string of the molecule is COC(=O)c1ccc(C=C2Oc3c(ccc(O)c3C[NH+]3CC[NH+](C)CC3)C2=O)cc1. The summed E-state index contributed by atoms with van der Waals surface area (Å²) in [4.78, 5) is 27.3. The Kier molecular flexibility index (Phi) is 5.57. The van der Waals surface area contributed by atoms with E-state index < -0.39 is 5.97 Å². The first-order chi connectivity index (χ1) is 14.5. The van der Waals surface area contributed by atoms with E-state index in [9.17, 15) is 14.7 Å². The first kappa shape index (κ1) is 20.1. The molecule has 0 aliphatic carbocycles.